The molecule has 0 N–H and O–H groups in total. The van der Waals surface area contributed by atoms with Crippen molar-refractivity contribution in [3.63, 3.8) is 0 Å². The molecule has 0 spiro atoms. The van der Waals surface area contributed by atoms with Crippen LogP contribution in [0.25, 0.3) is 11.6 Å². The van der Waals surface area contributed by atoms with Gasteiger partial charge in [0, 0.05) is 35.7 Å². The van der Waals surface area contributed by atoms with E-state index in [4.69, 9.17) is 5.53 Å². The predicted octanol–water partition coefficient (Wildman–Crippen LogP) is 9.51. The van der Waals surface area contributed by atoms with Gasteiger partial charge >= 0.3 is 5.71 Å². The normalized spacial score (nSPS) is 12.9. The molecule has 1 aliphatic rings. The fraction of sp³-hybridized carbons (Fsp3) is 0.209. The minimum atomic E-state index is -3.40. The Balaban J connectivity index is 0.000000264. The lowest BCUT2D eigenvalue weighted by molar-refractivity contribution is -0.00436. The number of benzene rings is 5. The maximum atomic E-state index is 11.8. The summed E-state index contributed by atoms with van der Waals surface area (Å²) in [6.45, 7) is 13.4. The molecule has 0 saturated heterocycles. The number of aryl methyl sites for hydroxylation is 3. The SMILES string of the molecule is CS(=O)(=O)c1cccc2c1C=CC(=[N+]=[N-])C2=O.Cc1ccc(C(C)(C)c2ccc(C(C)(c3ccc(C)cc3)c3ccc(C)cc3)cc2)cc1.[HH]. The summed E-state index contributed by atoms with van der Waals surface area (Å²) in [5.74, 6) is -0.490. The largest absolute Gasteiger partial charge is 0.362 e. The third kappa shape index (κ3) is 7.17. The van der Waals surface area contributed by atoms with Gasteiger partial charge in [-0.05, 0) is 67.7 Å². The first-order chi connectivity index (χ1) is 23.2. The summed E-state index contributed by atoms with van der Waals surface area (Å²) >= 11 is 0. The van der Waals surface area contributed by atoms with Crippen molar-refractivity contribution in [2.45, 2.75) is 57.3 Å². The molecule has 0 radical (unpaired) electrons. The summed E-state index contributed by atoms with van der Waals surface area (Å²) in [4.78, 5) is 14.7. The molecule has 0 aliphatic heterocycles. The van der Waals surface area contributed by atoms with Gasteiger partial charge in [0.1, 0.15) is 0 Å². The Kier molecular flexibility index (Phi) is 9.87. The highest BCUT2D eigenvalue weighted by Gasteiger charge is 2.32. The molecule has 0 atom stereocenters. The number of carbonyl (C=O) groups excluding carboxylic acids is 1. The smallest absolute Gasteiger partial charge is 0.361 e. The van der Waals surface area contributed by atoms with E-state index < -0.39 is 15.6 Å². The molecule has 0 unspecified atom stereocenters. The first-order valence-corrected chi connectivity index (χ1v) is 18.2. The molecule has 0 heterocycles. The second-order valence-electron chi connectivity index (χ2n) is 13.6. The van der Waals surface area contributed by atoms with Crippen LogP contribution in [0.1, 0.15) is 82.6 Å². The number of nitrogens with zero attached hydrogens (tertiary/aromatic N) is 2. The Labute approximate surface area is 292 Å². The highest BCUT2D eigenvalue weighted by molar-refractivity contribution is 7.90. The number of sulfone groups is 1. The van der Waals surface area contributed by atoms with Crippen LogP contribution >= 0.6 is 0 Å². The number of rotatable bonds is 6. The van der Waals surface area contributed by atoms with E-state index >= 15 is 0 Å². The van der Waals surface area contributed by atoms with Crippen molar-refractivity contribution in [3.05, 3.63) is 183 Å². The molecule has 5 aromatic carbocycles. The van der Waals surface area contributed by atoms with Gasteiger partial charge in [-0.1, -0.05) is 140 Å². The molecule has 6 rings (SSSR count). The number of allylic oxidation sites excluding steroid dienone is 1. The minimum absolute atomic E-state index is 0. The average molecular weight is 669 g/mol. The van der Waals surface area contributed by atoms with E-state index in [2.05, 4.69) is 143 Å². The Morgan fingerprint density at radius 1 is 0.592 bits per heavy atom. The number of hydrogen-bond acceptors (Lipinski definition) is 3. The van der Waals surface area contributed by atoms with Crippen LogP contribution in [-0.4, -0.2) is 31.0 Å². The van der Waals surface area contributed by atoms with Gasteiger partial charge in [0.15, 0.2) is 9.84 Å². The van der Waals surface area contributed by atoms with Crippen LogP contribution in [0.4, 0.5) is 0 Å². The lowest BCUT2D eigenvalue weighted by Crippen LogP contribution is -2.26. The van der Waals surface area contributed by atoms with Crippen molar-refractivity contribution in [2.75, 3.05) is 6.26 Å². The second-order valence-corrected chi connectivity index (χ2v) is 15.5. The number of ketones is 1. The van der Waals surface area contributed by atoms with Gasteiger partial charge in [0.2, 0.25) is 0 Å². The molecule has 1 aliphatic carbocycles. The van der Waals surface area contributed by atoms with Gasteiger partial charge in [-0.2, -0.15) is 4.79 Å². The molecular formula is C43H44N2O3S. The van der Waals surface area contributed by atoms with Gasteiger partial charge < -0.3 is 5.53 Å². The van der Waals surface area contributed by atoms with E-state index in [1.807, 2.05) is 0 Å². The number of Topliss-reactive ketones (excluding diaryl/α,β-unsaturated/α-hetero) is 1. The van der Waals surface area contributed by atoms with Crippen LogP contribution in [0, 0.1) is 20.8 Å². The Morgan fingerprint density at radius 2 is 0.980 bits per heavy atom. The summed E-state index contributed by atoms with van der Waals surface area (Å²) in [5.41, 5.74) is 19.3. The Hall–Kier alpha value is -5.16. The van der Waals surface area contributed by atoms with Crippen molar-refractivity contribution in [2.24, 2.45) is 0 Å². The third-order valence-electron chi connectivity index (χ3n) is 9.67. The zero-order valence-corrected chi connectivity index (χ0v) is 30.0. The fourth-order valence-corrected chi connectivity index (χ4v) is 7.23. The standard InChI is InChI=1S/C32H34.C11H8N2O3S.H2/c1-23-7-13-26(14-8-23)31(4,5)27-19-21-30(22-20-27)32(6,28-15-9-24(2)10-16-28)29-17-11-25(3)12-18-29;1-17(15,16)10-4-2-3-8-7(10)5-6-9(13-12)11(8)14;/h7-22H,1-6H3;2-6H,1H3;1H. The van der Waals surface area contributed by atoms with Crippen LogP contribution in [0.15, 0.2) is 126 Å². The molecule has 0 saturated carbocycles. The quantitative estimate of drug-likeness (QED) is 0.103. The number of hydrogen-bond donors (Lipinski definition) is 0. The third-order valence-corrected chi connectivity index (χ3v) is 10.8. The highest BCUT2D eigenvalue weighted by Crippen LogP contribution is 2.40. The van der Waals surface area contributed by atoms with Crippen molar-refractivity contribution in [3.8, 4) is 0 Å². The second kappa shape index (κ2) is 13.8. The lowest BCUT2D eigenvalue weighted by Gasteiger charge is -2.33. The predicted molar refractivity (Wildman–Crippen MR) is 201 cm³/mol. The molecule has 6 heteroatoms. The van der Waals surface area contributed by atoms with Crippen LogP contribution in [-0.2, 0) is 20.7 Å². The van der Waals surface area contributed by atoms with E-state index in [1.54, 1.807) is 0 Å². The van der Waals surface area contributed by atoms with Crippen molar-refractivity contribution >= 4 is 27.4 Å². The zero-order chi connectivity index (χ0) is 35.6. The van der Waals surface area contributed by atoms with Gasteiger partial charge in [-0.3, -0.25) is 4.79 Å². The van der Waals surface area contributed by atoms with E-state index in [1.165, 1.54) is 74.9 Å². The molecule has 0 fully saturated rings. The van der Waals surface area contributed by atoms with Crippen LogP contribution in [0.3, 0.4) is 0 Å². The van der Waals surface area contributed by atoms with Crippen LogP contribution in [0.2, 0.25) is 0 Å². The molecule has 5 aromatic rings. The molecule has 0 amide bonds. The van der Waals surface area contributed by atoms with Crippen molar-refractivity contribution in [1.82, 2.24) is 0 Å². The molecule has 49 heavy (non-hydrogen) atoms. The van der Waals surface area contributed by atoms with Crippen LogP contribution < -0.4 is 0 Å². The number of fused-ring (bicyclic) bond motifs is 1. The molecular weight excluding hydrogens is 625 g/mol. The Morgan fingerprint density at radius 3 is 1.39 bits per heavy atom. The average Bonchev–Trinajstić information content (AvgIpc) is 3.09. The molecule has 250 valence electrons. The first-order valence-electron chi connectivity index (χ1n) is 16.3. The molecule has 5 nitrogen and oxygen atoms in total. The van der Waals surface area contributed by atoms with Crippen molar-refractivity contribution < 1.29 is 19.4 Å². The van der Waals surface area contributed by atoms with Gasteiger partial charge in [0.25, 0.3) is 5.78 Å². The van der Waals surface area contributed by atoms with E-state index in [0.29, 0.717) is 5.56 Å². The Bertz CT molecular complexity index is 2150. The first kappa shape index (κ1) is 35.2. The fourth-order valence-electron chi connectivity index (χ4n) is 6.32. The summed E-state index contributed by atoms with van der Waals surface area (Å²) < 4.78 is 23.1. The molecule has 0 bridgehead atoms. The topological polar surface area (TPSA) is 87.6 Å². The van der Waals surface area contributed by atoms with E-state index in [-0.39, 0.29) is 28.4 Å². The van der Waals surface area contributed by atoms with Crippen molar-refractivity contribution in [1.29, 1.82) is 0 Å². The van der Waals surface area contributed by atoms with Crippen LogP contribution in [0.5, 0.6) is 0 Å². The molecule has 0 aromatic heterocycles. The maximum Gasteiger partial charge on any atom is 0.362 e. The maximum absolute atomic E-state index is 11.8. The summed E-state index contributed by atoms with van der Waals surface area (Å²) in [5, 5.41) is 0. The minimum Gasteiger partial charge on any atom is -0.361 e. The highest BCUT2D eigenvalue weighted by atomic mass is 32.2. The van der Waals surface area contributed by atoms with E-state index in [0.717, 1.165) is 6.26 Å². The summed E-state index contributed by atoms with van der Waals surface area (Å²) in [6.07, 6.45) is 3.83. The lowest BCUT2D eigenvalue weighted by atomic mass is 9.70. The number of carbonyl (C=O) groups is 1. The van der Waals surface area contributed by atoms with Gasteiger partial charge in [-0.15, -0.1) is 0 Å². The zero-order valence-electron chi connectivity index (χ0n) is 29.2. The summed E-state index contributed by atoms with van der Waals surface area (Å²) in [6, 6.07) is 40.6. The monoisotopic (exact) mass is 668 g/mol. The van der Waals surface area contributed by atoms with Gasteiger partial charge in [0.05, 0.1) is 4.90 Å². The summed E-state index contributed by atoms with van der Waals surface area (Å²) in [7, 11) is -3.40. The van der Waals surface area contributed by atoms with E-state index in [9.17, 15) is 13.2 Å². The van der Waals surface area contributed by atoms with Gasteiger partial charge in [-0.25, -0.2) is 8.42 Å².